The van der Waals surface area contributed by atoms with Crippen molar-refractivity contribution in [2.75, 3.05) is 32.5 Å². The Balaban J connectivity index is 1.45. The summed E-state index contributed by atoms with van der Waals surface area (Å²) in [7, 11) is 4.31. The van der Waals surface area contributed by atoms with Gasteiger partial charge in [0.2, 0.25) is 5.91 Å². The highest BCUT2D eigenvalue weighted by atomic mass is 16.5. The number of likely N-dealkylation sites (tertiary alicyclic amines) is 1. The quantitative estimate of drug-likeness (QED) is 0.684. The predicted octanol–water partition coefficient (Wildman–Crippen LogP) is 5.42. The molecule has 6 heteroatoms. The average molecular weight is 447 g/mol. The van der Waals surface area contributed by atoms with Crippen LogP contribution in [0.4, 0.5) is 11.4 Å². The van der Waals surface area contributed by atoms with E-state index in [1.807, 2.05) is 42.5 Å². The molecular weight excluding hydrogens is 412 g/mol. The van der Waals surface area contributed by atoms with Gasteiger partial charge in [0.1, 0.15) is 17.3 Å². The second-order valence-electron chi connectivity index (χ2n) is 9.72. The molecule has 2 fully saturated rings. The lowest BCUT2D eigenvalue weighted by atomic mass is 9.88. The molecule has 2 heterocycles. The Kier molecular flexibility index (Phi) is 6.36. The lowest BCUT2D eigenvalue weighted by Crippen LogP contribution is -2.44. The number of amides is 1. The van der Waals surface area contributed by atoms with Crippen LogP contribution in [0.15, 0.2) is 47.5 Å². The van der Waals surface area contributed by atoms with Crippen LogP contribution >= 0.6 is 0 Å². The summed E-state index contributed by atoms with van der Waals surface area (Å²) in [6.07, 6.45) is 7.71. The molecule has 1 aliphatic carbocycles. The molecule has 0 atom stereocenters. The summed E-state index contributed by atoms with van der Waals surface area (Å²) in [6, 6.07) is 14.5. The number of nitrogens with one attached hydrogen (secondary N) is 1. The maximum Gasteiger partial charge on any atom is 0.227 e. The number of hydrogen-bond donors (Lipinski definition) is 1. The van der Waals surface area contributed by atoms with Crippen LogP contribution in [0.25, 0.3) is 0 Å². The van der Waals surface area contributed by atoms with E-state index in [2.05, 4.69) is 29.2 Å². The maximum absolute atomic E-state index is 12.9. The van der Waals surface area contributed by atoms with Gasteiger partial charge in [0.15, 0.2) is 5.75 Å². The Bertz CT molecular complexity index is 1030. The van der Waals surface area contributed by atoms with E-state index in [4.69, 9.17) is 9.73 Å². The number of piperidine rings is 1. The molecule has 1 saturated heterocycles. The number of carbonyl (C=O) groups excluding carboxylic acids is 1. The van der Waals surface area contributed by atoms with Gasteiger partial charge in [0.25, 0.3) is 0 Å². The third-order valence-electron chi connectivity index (χ3n) is 7.27. The molecule has 5 rings (SSSR count). The van der Waals surface area contributed by atoms with Crippen LogP contribution < -0.4 is 10.1 Å². The van der Waals surface area contributed by atoms with E-state index in [-0.39, 0.29) is 11.8 Å². The van der Waals surface area contributed by atoms with Crippen molar-refractivity contribution in [1.29, 1.82) is 0 Å². The summed E-state index contributed by atoms with van der Waals surface area (Å²) < 4.78 is 6.30. The van der Waals surface area contributed by atoms with Crippen LogP contribution in [0.1, 0.15) is 50.5 Å². The Morgan fingerprint density at radius 2 is 1.76 bits per heavy atom. The summed E-state index contributed by atoms with van der Waals surface area (Å²) in [4.78, 5) is 22.6. The lowest BCUT2D eigenvalue weighted by molar-refractivity contribution is -0.120. The average Bonchev–Trinajstić information content (AvgIpc) is 3.01. The number of amidine groups is 1. The van der Waals surface area contributed by atoms with E-state index in [0.717, 1.165) is 85.9 Å². The van der Waals surface area contributed by atoms with Gasteiger partial charge in [0.05, 0.1) is 5.56 Å². The largest absolute Gasteiger partial charge is 0.454 e. The summed E-state index contributed by atoms with van der Waals surface area (Å²) in [6.45, 7) is 1.89. The lowest BCUT2D eigenvalue weighted by Gasteiger charge is -2.37. The number of aliphatic imine (C=N–C) groups is 1. The molecule has 2 aromatic carbocycles. The number of carbonyl (C=O) groups is 1. The monoisotopic (exact) mass is 446 g/mol. The minimum atomic E-state index is 0.122. The topological polar surface area (TPSA) is 57.2 Å². The number of para-hydroxylation sites is 2. The molecule has 2 aromatic rings. The number of nitrogens with zero attached hydrogens (tertiary/aromatic N) is 3. The van der Waals surface area contributed by atoms with Crippen molar-refractivity contribution in [2.24, 2.45) is 10.9 Å². The fourth-order valence-corrected chi connectivity index (χ4v) is 5.24. The first-order valence-electron chi connectivity index (χ1n) is 12.3. The highest BCUT2D eigenvalue weighted by molar-refractivity contribution is 6.05. The zero-order valence-corrected chi connectivity index (χ0v) is 19.7. The molecule has 1 N–H and O–H groups in total. The van der Waals surface area contributed by atoms with Gasteiger partial charge < -0.3 is 19.9 Å². The van der Waals surface area contributed by atoms with E-state index in [0.29, 0.717) is 6.04 Å². The van der Waals surface area contributed by atoms with Crippen molar-refractivity contribution < 1.29 is 9.53 Å². The molecule has 0 unspecified atom stereocenters. The molecule has 2 aliphatic heterocycles. The second-order valence-corrected chi connectivity index (χ2v) is 9.72. The van der Waals surface area contributed by atoms with Crippen LogP contribution in [0, 0.1) is 5.92 Å². The highest BCUT2D eigenvalue weighted by Gasteiger charge is 2.28. The zero-order valence-electron chi connectivity index (χ0n) is 19.7. The molecule has 0 spiro atoms. The van der Waals surface area contributed by atoms with Crippen molar-refractivity contribution >= 4 is 23.1 Å². The second kappa shape index (κ2) is 9.56. The minimum absolute atomic E-state index is 0.122. The Hall–Kier alpha value is -2.86. The third kappa shape index (κ3) is 4.76. The maximum atomic E-state index is 12.9. The number of hydrogen-bond acceptors (Lipinski definition) is 5. The van der Waals surface area contributed by atoms with E-state index in [1.54, 1.807) is 0 Å². The fourth-order valence-electron chi connectivity index (χ4n) is 5.24. The number of benzene rings is 2. The molecule has 0 radical (unpaired) electrons. The van der Waals surface area contributed by atoms with Gasteiger partial charge in [0, 0.05) is 30.7 Å². The summed E-state index contributed by atoms with van der Waals surface area (Å²) in [5, 5.41) is 3.17. The van der Waals surface area contributed by atoms with E-state index in [9.17, 15) is 4.79 Å². The van der Waals surface area contributed by atoms with Gasteiger partial charge in [-0.25, -0.2) is 4.99 Å². The van der Waals surface area contributed by atoms with Crippen molar-refractivity contribution in [1.82, 2.24) is 9.80 Å². The van der Waals surface area contributed by atoms with Gasteiger partial charge in [-0.2, -0.15) is 0 Å². The van der Waals surface area contributed by atoms with Gasteiger partial charge in [-0.15, -0.1) is 0 Å². The third-order valence-corrected chi connectivity index (χ3v) is 7.27. The molecule has 33 heavy (non-hydrogen) atoms. The normalized spacial score (nSPS) is 19.2. The van der Waals surface area contributed by atoms with Crippen molar-refractivity contribution in [3.8, 4) is 11.5 Å². The van der Waals surface area contributed by atoms with Crippen LogP contribution in [-0.4, -0.2) is 54.8 Å². The Morgan fingerprint density at radius 3 is 2.52 bits per heavy atom. The van der Waals surface area contributed by atoms with E-state index in [1.165, 1.54) is 6.42 Å². The fraction of sp³-hybridized carbons (Fsp3) is 0.481. The summed E-state index contributed by atoms with van der Waals surface area (Å²) in [5.41, 5.74) is 2.59. The minimum Gasteiger partial charge on any atom is -0.454 e. The number of fused-ring (bicyclic) bond motifs is 2. The van der Waals surface area contributed by atoms with Crippen LogP contribution in [0.3, 0.4) is 0 Å². The van der Waals surface area contributed by atoms with Crippen LogP contribution in [0.2, 0.25) is 0 Å². The van der Waals surface area contributed by atoms with Crippen LogP contribution in [-0.2, 0) is 4.79 Å². The smallest absolute Gasteiger partial charge is 0.227 e. The molecule has 0 aromatic heterocycles. The van der Waals surface area contributed by atoms with E-state index >= 15 is 0 Å². The zero-order chi connectivity index (χ0) is 22.8. The molecule has 1 saturated carbocycles. The number of ether oxygens (including phenoxy) is 1. The van der Waals surface area contributed by atoms with Gasteiger partial charge >= 0.3 is 0 Å². The van der Waals surface area contributed by atoms with Crippen LogP contribution in [0.5, 0.6) is 11.5 Å². The first-order valence-corrected chi connectivity index (χ1v) is 12.3. The molecule has 174 valence electrons. The molecule has 1 amide bonds. The summed E-state index contributed by atoms with van der Waals surface area (Å²) in [5.74, 6) is 2.73. The molecule has 0 bridgehead atoms. The van der Waals surface area contributed by atoms with Gasteiger partial charge in [-0.05, 0) is 70.1 Å². The van der Waals surface area contributed by atoms with E-state index < -0.39 is 0 Å². The summed E-state index contributed by atoms with van der Waals surface area (Å²) >= 11 is 0. The molecule has 3 aliphatic rings. The standard InChI is InChI=1S/C27H34N4O2/c1-30(2)21-14-16-31(17-15-21)26-22-18-20(28-27(32)19-8-4-3-5-9-19)12-13-24(22)33-25-11-7-6-10-23(25)29-26/h6-7,10-13,18-19,21H,3-5,8-9,14-17H2,1-2H3,(H,28,32). The number of rotatable bonds is 3. The molecule has 6 nitrogen and oxygen atoms in total. The Labute approximate surface area is 196 Å². The predicted molar refractivity (Wildman–Crippen MR) is 133 cm³/mol. The Morgan fingerprint density at radius 1 is 1.00 bits per heavy atom. The SMILES string of the molecule is CN(C)C1CCN(C2=Nc3ccccc3Oc3ccc(NC(=O)C4CCCCC4)cc32)CC1. The van der Waals surface area contributed by atoms with Gasteiger partial charge in [-0.3, -0.25) is 4.79 Å². The van der Waals surface area contributed by atoms with Crippen molar-refractivity contribution in [3.63, 3.8) is 0 Å². The van der Waals surface area contributed by atoms with Crippen molar-refractivity contribution in [3.05, 3.63) is 48.0 Å². The first kappa shape index (κ1) is 22.0. The first-order chi connectivity index (χ1) is 16.1. The highest BCUT2D eigenvalue weighted by Crippen LogP contribution is 2.39. The number of anilines is 1. The van der Waals surface area contributed by atoms with Gasteiger partial charge in [-0.1, -0.05) is 31.4 Å². The van der Waals surface area contributed by atoms with Crippen molar-refractivity contribution in [2.45, 2.75) is 51.0 Å². The molecular formula is C27H34N4O2.